The van der Waals surface area contributed by atoms with Gasteiger partial charge in [-0.05, 0) is 6.42 Å². The normalized spacial score (nSPS) is 21.4. The maximum absolute atomic E-state index is 11.1. The van der Waals surface area contributed by atoms with Crippen LogP contribution in [0.3, 0.4) is 0 Å². The Morgan fingerprint density at radius 1 is 1.50 bits per heavy atom. The Morgan fingerprint density at radius 2 is 2.21 bits per heavy atom. The smallest absolute Gasteiger partial charge is 0.328 e. The van der Waals surface area contributed by atoms with Crippen molar-refractivity contribution >= 4 is 28.8 Å². The summed E-state index contributed by atoms with van der Waals surface area (Å²) in [4.78, 5) is 32.1. The van der Waals surface area contributed by atoms with Gasteiger partial charge < -0.3 is 10.4 Å². The Balaban J connectivity index is 2.40. The largest absolute Gasteiger partial charge is 0.478 e. The zero-order valence-electron chi connectivity index (χ0n) is 7.23. The van der Waals surface area contributed by atoms with Gasteiger partial charge in [0.25, 0.3) is 0 Å². The van der Waals surface area contributed by atoms with E-state index in [0.29, 0.717) is 12.2 Å². The Kier molecular flexibility index (Phi) is 3.70. The summed E-state index contributed by atoms with van der Waals surface area (Å²) in [5, 5.41) is 10.6. The molecular formula is C8H9NO4S. The van der Waals surface area contributed by atoms with Crippen LogP contribution in [-0.2, 0) is 14.4 Å². The van der Waals surface area contributed by atoms with Crippen molar-refractivity contribution < 1.29 is 19.5 Å². The number of nitrogens with one attached hydrogen (secondary N) is 1. The first-order chi connectivity index (χ1) is 6.59. The zero-order chi connectivity index (χ0) is 10.6. The van der Waals surface area contributed by atoms with Crippen LogP contribution in [-0.4, -0.2) is 33.9 Å². The van der Waals surface area contributed by atoms with Crippen LogP contribution in [0.15, 0.2) is 12.2 Å². The van der Waals surface area contributed by atoms with Crippen LogP contribution in [0.5, 0.6) is 0 Å². The van der Waals surface area contributed by atoms with E-state index in [1.807, 2.05) is 0 Å². The van der Waals surface area contributed by atoms with Crippen molar-refractivity contribution in [2.75, 3.05) is 5.75 Å². The first-order valence-electron chi connectivity index (χ1n) is 3.98. The number of hydrogen-bond acceptors (Lipinski definition) is 4. The van der Waals surface area contributed by atoms with Crippen molar-refractivity contribution in [2.45, 2.75) is 12.5 Å². The monoisotopic (exact) mass is 215 g/mol. The third-order valence-corrected chi connectivity index (χ3v) is 2.64. The van der Waals surface area contributed by atoms with Gasteiger partial charge in [-0.2, -0.15) is 0 Å². The second-order valence-electron chi connectivity index (χ2n) is 2.69. The van der Waals surface area contributed by atoms with E-state index in [1.165, 1.54) is 11.8 Å². The predicted octanol–water partition coefficient (Wildman–Crippen LogP) is -0.224. The molecule has 0 aromatic rings. The average Bonchev–Trinajstić information content (AvgIpc) is 2.49. The molecule has 5 nitrogen and oxygen atoms in total. The van der Waals surface area contributed by atoms with Crippen LogP contribution < -0.4 is 5.32 Å². The van der Waals surface area contributed by atoms with Crippen LogP contribution in [0.25, 0.3) is 0 Å². The SMILES string of the molecule is O=C(O)/C=C\C(=O)N[C@H]1CCSC1=O. The molecule has 0 saturated carbocycles. The molecule has 2 N–H and O–H groups in total. The molecule has 6 heteroatoms. The molecule has 0 aliphatic carbocycles. The molecule has 1 saturated heterocycles. The van der Waals surface area contributed by atoms with Crippen LogP contribution >= 0.6 is 11.8 Å². The molecule has 0 unspecified atom stereocenters. The minimum atomic E-state index is -1.19. The number of aliphatic carboxylic acids is 1. The summed E-state index contributed by atoms with van der Waals surface area (Å²) < 4.78 is 0. The zero-order valence-corrected chi connectivity index (χ0v) is 8.04. The second kappa shape index (κ2) is 4.80. The molecule has 0 radical (unpaired) electrons. The highest BCUT2D eigenvalue weighted by Gasteiger charge is 2.25. The molecule has 0 aromatic heterocycles. The van der Waals surface area contributed by atoms with Crippen molar-refractivity contribution in [2.24, 2.45) is 0 Å². The molecule has 76 valence electrons. The molecule has 1 rings (SSSR count). The van der Waals surface area contributed by atoms with Crippen LogP contribution in [0, 0.1) is 0 Å². The van der Waals surface area contributed by atoms with Crippen molar-refractivity contribution in [1.82, 2.24) is 5.32 Å². The lowest BCUT2D eigenvalue weighted by Crippen LogP contribution is -2.36. The maximum Gasteiger partial charge on any atom is 0.328 e. The van der Waals surface area contributed by atoms with E-state index in [1.54, 1.807) is 0 Å². The van der Waals surface area contributed by atoms with Crippen molar-refractivity contribution in [3.8, 4) is 0 Å². The van der Waals surface area contributed by atoms with Crippen molar-refractivity contribution in [3.63, 3.8) is 0 Å². The number of rotatable bonds is 3. The highest BCUT2D eigenvalue weighted by Crippen LogP contribution is 2.19. The van der Waals surface area contributed by atoms with Gasteiger partial charge in [-0.3, -0.25) is 9.59 Å². The van der Waals surface area contributed by atoms with Crippen molar-refractivity contribution in [3.05, 3.63) is 12.2 Å². The molecule has 1 amide bonds. The lowest BCUT2D eigenvalue weighted by atomic mass is 10.2. The van der Waals surface area contributed by atoms with Gasteiger partial charge in [0.15, 0.2) is 0 Å². The fraction of sp³-hybridized carbons (Fsp3) is 0.375. The third-order valence-electron chi connectivity index (χ3n) is 1.63. The van der Waals surface area contributed by atoms with Gasteiger partial charge in [-0.1, -0.05) is 11.8 Å². The molecule has 0 bridgehead atoms. The van der Waals surface area contributed by atoms with Gasteiger partial charge in [0.2, 0.25) is 11.0 Å². The number of carboxylic acid groups (broad SMARTS) is 1. The van der Waals surface area contributed by atoms with E-state index in [0.717, 1.165) is 12.2 Å². The molecule has 1 atom stereocenters. The average molecular weight is 215 g/mol. The third kappa shape index (κ3) is 3.21. The standard InChI is InChI=1S/C8H9NO4S/c10-6(1-2-7(11)12)9-5-3-4-14-8(5)13/h1-2,5H,3-4H2,(H,9,10)(H,11,12)/b2-1-/t5-/m0/s1. The number of carbonyl (C=O) groups excluding carboxylic acids is 2. The first-order valence-corrected chi connectivity index (χ1v) is 4.96. The van der Waals surface area contributed by atoms with E-state index >= 15 is 0 Å². The highest BCUT2D eigenvalue weighted by atomic mass is 32.2. The molecule has 1 aliphatic rings. The van der Waals surface area contributed by atoms with E-state index in [9.17, 15) is 14.4 Å². The number of thioether (sulfide) groups is 1. The van der Waals surface area contributed by atoms with Crippen molar-refractivity contribution in [1.29, 1.82) is 0 Å². The minimum absolute atomic E-state index is 0.0675. The second-order valence-corrected chi connectivity index (χ2v) is 3.79. The summed E-state index contributed by atoms with van der Waals surface area (Å²) in [6.07, 6.45) is 2.25. The fourth-order valence-corrected chi connectivity index (χ4v) is 1.93. The summed E-state index contributed by atoms with van der Waals surface area (Å²) in [6, 6.07) is -0.467. The molecule has 1 heterocycles. The number of carbonyl (C=O) groups is 3. The molecule has 1 fully saturated rings. The van der Waals surface area contributed by atoms with Crippen LogP contribution in [0.1, 0.15) is 6.42 Å². The Morgan fingerprint density at radius 3 is 2.71 bits per heavy atom. The summed E-state index contributed by atoms with van der Waals surface area (Å²) in [6.45, 7) is 0. The number of hydrogen-bond donors (Lipinski definition) is 2. The van der Waals surface area contributed by atoms with Crippen LogP contribution in [0.4, 0.5) is 0 Å². The molecule has 0 spiro atoms. The summed E-state index contributed by atoms with van der Waals surface area (Å²) in [5.74, 6) is -1.03. The van der Waals surface area contributed by atoms with Gasteiger partial charge in [-0.15, -0.1) is 0 Å². The van der Waals surface area contributed by atoms with Gasteiger partial charge in [0.05, 0.1) is 6.04 Å². The lowest BCUT2D eigenvalue weighted by molar-refractivity contribution is -0.131. The molecule has 0 aromatic carbocycles. The Labute approximate surface area is 84.6 Å². The van der Waals surface area contributed by atoms with Crippen LogP contribution in [0.2, 0.25) is 0 Å². The van der Waals surface area contributed by atoms with Gasteiger partial charge >= 0.3 is 5.97 Å². The maximum atomic E-state index is 11.1. The van der Waals surface area contributed by atoms with E-state index in [2.05, 4.69) is 5.32 Å². The van der Waals surface area contributed by atoms with E-state index < -0.39 is 17.9 Å². The predicted molar refractivity (Wildman–Crippen MR) is 50.8 cm³/mol. The Hall–Kier alpha value is -1.30. The summed E-state index contributed by atoms with van der Waals surface area (Å²) in [7, 11) is 0. The molecule has 1 aliphatic heterocycles. The molecule has 14 heavy (non-hydrogen) atoms. The highest BCUT2D eigenvalue weighted by molar-refractivity contribution is 8.14. The fourth-order valence-electron chi connectivity index (χ4n) is 0.994. The number of amides is 1. The number of carboxylic acids is 1. The topological polar surface area (TPSA) is 83.5 Å². The van der Waals surface area contributed by atoms with Gasteiger partial charge in [0.1, 0.15) is 0 Å². The lowest BCUT2D eigenvalue weighted by Gasteiger charge is -2.06. The Bertz CT molecular complexity index is 300. The first kappa shape index (κ1) is 10.8. The quantitative estimate of drug-likeness (QED) is 0.636. The van der Waals surface area contributed by atoms with Gasteiger partial charge in [-0.25, -0.2) is 4.79 Å². The summed E-state index contributed by atoms with van der Waals surface area (Å²) in [5.41, 5.74) is 0. The molecular weight excluding hydrogens is 206 g/mol. The van der Waals surface area contributed by atoms with Gasteiger partial charge in [0, 0.05) is 17.9 Å². The van der Waals surface area contributed by atoms with E-state index in [-0.39, 0.29) is 5.12 Å². The van der Waals surface area contributed by atoms with E-state index in [4.69, 9.17) is 5.11 Å². The summed E-state index contributed by atoms with van der Waals surface area (Å²) >= 11 is 1.18. The minimum Gasteiger partial charge on any atom is -0.478 e.